The second-order valence-corrected chi connectivity index (χ2v) is 6.29. The van der Waals surface area contributed by atoms with Crippen LogP contribution in [0.25, 0.3) is 6.08 Å². The SMILES string of the molecule is COc1ccc(/C=C/C(=O)Nc2cc(Cl)ccc2N2CCOCC2)cc1. The molecule has 26 heavy (non-hydrogen) atoms. The van der Waals surface area contributed by atoms with E-state index in [1.165, 1.54) is 6.08 Å². The molecule has 0 unspecified atom stereocenters. The quantitative estimate of drug-likeness (QED) is 0.810. The topological polar surface area (TPSA) is 50.8 Å². The zero-order chi connectivity index (χ0) is 18.4. The van der Waals surface area contributed by atoms with Gasteiger partial charge in [0, 0.05) is 24.2 Å². The first-order valence-corrected chi connectivity index (χ1v) is 8.79. The molecule has 0 spiro atoms. The van der Waals surface area contributed by atoms with E-state index >= 15 is 0 Å². The summed E-state index contributed by atoms with van der Waals surface area (Å²) in [6, 6.07) is 13.0. The van der Waals surface area contributed by atoms with E-state index in [1.54, 1.807) is 19.3 Å². The average Bonchev–Trinajstić information content (AvgIpc) is 2.67. The molecule has 0 saturated carbocycles. The number of amides is 1. The van der Waals surface area contributed by atoms with Crippen LogP contribution in [0, 0.1) is 0 Å². The molecule has 1 aliphatic rings. The third-order valence-corrected chi connectivity index (χ3v) is 4.35. The first-order valence-electron chi connectivity index (χ1n) is 8.41. The Balaban J connectivity index is 1.71. The van der Waals surface area contributed by atoms with E-state index in [4.69, 9.17) is 21.1 Å². The molecule has 136 valence electrons. The summed E-state index contributed by atoms with van der Waals surface area (Å²) in [5, 5.41) is 3.50. The van der Waals surface area contributed by atoms with Gasteiger partial charge in [-0.05, 0) is 42.0 Å². The Morgan fingerprint density at radius 1 is 1.19 bits per heavy atom. The fourth-order valence-electron chi connectivity index (χ4n) is 2.75. The smallest absolute Gasteiger partial charge is 0.248 e. The molecule has 1 heterocycles. The molecular weight excluding hydrogens is 352 g/mol. The molecule has 0 radical (unpaired) electrons. The molecule has 1 aliphatic heterocycles. The Bertz CT molecular complexity index is 784. The predicted molar refractivity (Wildman–Crippen MR) is 105 cm³/mol. The van der Waals surface area contributed by atoms with Crippen LogP contribution >= 0.6 is 11.6 Å². The van der Waals surface area contributed by atoms with Crippen molar-refractivity contribution in [2.24, 2.45) is 0 Å². The minimum absolute atomic E-state index is 0.211. The van der Waals surface area contributed by atoms with Crippen molar-refractivity contribution in [1.82, 2.24) is 0 Å². The molecule has 1 saturated heterocycles. The Kier molecular flexibility index (Phi) is 6.15. The molecule has 2 aromatic rings. The van der Waals surface area contributed by atoms with Crippen molar-refractivity contribution < 1.29 is 14.3 Å². The molecule has 6 heteroatoms. The molecule has 0 bridgehead atoms. The van der Waals surface area contributed by atoms with Crippen LogP contribution < -0.4 is 15.0 Å². The van der Waals surface area contributed by atoms with Gasteiger partial charge in [0.15, 0.2) is 0 Å². The maximum Gasteiger partial charge on any atom is 0.248 e. The number of methoxy groups -OCH3 is 1. The molecule has 5 nitrogen and oxygen atoms in total. The molecule has 0 aromatic heterocycles. The van der Waals surface area contributed by atoms with Gasteiger partial charge in [0.2, 0.25) is 5.91 Å². The van der Waals surface area contributed by atoms with Gasteiger partial charge in [0.05, 0.1) is 31.7 Å². The van der Waals surface area contributed by atoms with E-state index in [0.717, 1.165) is 30.1 Å². The van der Waals surface area contributed by atoms with Crippen molar-refractivity contribution in [1.29, 1.82) is 0 Å². The number of nitrogens with zero attached hydrogens (tertiary/aromatic N) is 1. The van der Waals surface area contributed by atoms with Gasteiger partial charge in [-0.1, -0.05) is 23.7 Å². The van der Waals surface area contributed by atoms with Crippen molar-refractivity contribution in [3.05, 3.63) is 59.1 Å². The molecule has 0 atom stereocenters. The van der Waals surface area contributed by atoms with Crippen LogP contribution in [0.15, 0.2) is 48.5 Å². The summed E-state index contributed by atoms with van der Waals surface area (Å²) in [4.78, 5) is 14.5. The Morgan fingerprint density at radius 2 is 1.92 bits per heavy atom. The minimum Gasteiger partial charge on any atom is -0.497 e. The summed E-state index contributed by atoms with van der Waals surface area (Å²) in [5.41, 5.74) is 2.56. The number of morpholine rings is 1. The second-order valence-electron chi connectivity index (χ2n) is 5.86. The second kappa shape index (κ2) is 8.74. The maximum atomic E-state index is 12.3. The van der Waals surface area contributed by atoms with E-state index in [-0.39, 0.29) is 5.91 Å². The van der Waals surface area contributed by atoms with Gasteiger partial charge >= 0.3 is 0 Å². The average molecular weight is 373 g/mol. The lowest BCUT2D eigenvalue weighted by Crippen LogP contribution is -2.36. The number of hydrogen-bond acceptors (Lipinski definition) is 4. The van der Waals surface area contributed by atoms with E-state index in [0.29, 0.717) is 23.9 Å². The highest BCUT2D eigenvalue weighted by atomic mass is 35.5. The van der Waals surface area contributed by atoms with Gasteiger partial charge in [-0.15, -0.1) is 0 Å². The minimum atomic E-state index is -0.211. The van der Waals surface area contributed by atoms with Gasteiger partial charge in [0.1, 0.15) is 5.75 Å². The van der Waals surface area contributed by atoms with Crippen LogP contribution in [0.3, 0.4) is 0 Å². The van der Waals surface area contributed by atoms with Crippen molar-refractivity contribution in [2.75, 3.05) is 43.6 Å². The van der Waals surface area contributed by atoms with Crippen LogP contribution in [0.2, 0.25) is 5.02 Å². The molecule has 3 rings (SSSR count). The normalized spacial score (nSPS) is 14.5. The number of benzene rings is 2. The van der Waals surface area contributed by atoms with Crippen LogP contribution in [-0.4, -0.2) is 39.3 Å². The van der Waals surface area contributed by atoms with Crippen molar-refractivity contribution in [3.8, 4) is 5.75 Å². The van der Waals surface area contributed by atoms with E-state index in [2.05, 4.69) is 10.2 Å². The van der Waals surface area contributed by atoms with Crippen LogP contribution in [0.5, 0.6) is 5.75 Å². The predicted octanol–water partition coefficient (Wildman–Crippen LogP) is 3.84. The highest BCUT2D eigenvalue weighted by molar-refractivity contribution is 6.31. The van der Waals surface area contributed by atoms with Gasteiger partial charge in [-0.3, -0.25) is 4.79 Å². The van der Waals surface area contributed by atoms with Gasteiger partial charge < -0.3 is 19.7 Å². The Morgan fingerprint density at radius 3 is 2.62 bits per heavy atom. The number of nitrogens with one attached hydrogen (secondary N) is 1. The van der Waals surface area contributed by atoms with Gasteiger partial charge in [-0.25, -0.2) is 0 Å². The number of anilines is 2. The largest absolute Gasteiger partial charge is 0.497 e. The fourth-order valence-corrected chi connectivity index (χ4v) is 2.92. The fraction of sp³-hybridized carbons (Fsp3) is 0.250. The number of rotatable bonds is 5. The van der Waals surface area contributed by atoms with Crippen LogP contribution in [0.1, 0.15) is 5.56 Å². The molecule has 1 fully saturated rings. The molecule has 0 aliphatic carbocycles. The highest BCUT2D eigenvalue weighted by Crippen LogP contribution is 2.30. The summed E-state index contributed by atoms with van der Waals surface area (Å²) < 4.78 is 10.5. The van der Waals surface area contributed by atoms with Gasteiger partial charge in [-0.2, -0.15) is 0 Å². The summed E-state index contributed by atoms with van der Waals surface area (Å²) in [5.74, 6) is 0.568. The zero-order valence-electron chi connectivity index (χ0n) is 14.6. The zero-order valence-corrected chi connectivity index (χ0v) is 15.3. The summed E-state index contributed by atoms with van der Waals surface area (Å²) in [6.07, 6.45) is 3.26. The highest BCUT2D eigenvalue weighted by Gasteiger charge is 2.16. The molecule has 1 N–H and O–H groups in total. The lowest BCUT2D eigenvalue weighted by Gasteiger charge is -2.30. The standard InChI is InChI=1S/C20H21ClN2O3/c1-25-17-6-2-15(3-7-17)4-9-20(24)22-18-14-16(21)5-8-19(18)23-10-12-26-13-11-23/h2-9,14H,10-13H2,1H3,(H,22,24)/b9-4+. The molecule has 2 aromatic carbocycles. The van der Waals surface area contributed by atoms with Crippen molar-refractivity contribution in [3.63, 3.8) is 0 Å². The monoisotopic (exact) mass is 372 g/mol. The molecular formula is C20H21ClN2O3. The summed E-state index contributed by atoms with van der Waals surface area (Å²) in [6.45, 7) is 2.92. The van der Waals surface area contributed by atoms with Crippen molar-refractivity contribution in [2.45, 2.75) is 0 Å². The van der Waals surface area contributed by atoms with Crippen molar-refractivity contribution >= 4 is 35.0 Å². The number of halogens is 1. The molecule has 1 amide bonds. The van der Waals surface area contributed by atoms with Crippen LogP contribution in [0.4, 0.5) is 11.4 Å². The maximum absolute atomic E-state index is 12.3. The van der Waals surface area contributed by atoms with E-state index in [9.17, 15) is 4.79 Å². The number of carbonyl (C=O) groups is 1. The van der Waals surface area contributed by atoms with Crippen LogP contribution in [-0.2, 0) is 9.53 Å². The lowest BCUT2D eigenvalue weighted by atomic mass is 10.2. The summed E-state index contributed by atoms with van der Waals surface area (Å²) in [7, 11) is 1.62. The van der Waals surface area contributed by atoms with E-state index in [1.807, 2.05) is 36.4 Å². The third-order valence-electron chi connectivity index (χ3n) is 4.11. The Labute approximate surface area is 158 Å². The van der Waals surface area contributed by atoms with E-state index < -0.39 is 0 Å². The third kappa shape index (κ3) is 4.77. The number of hydrogen-bond donors (Lipinski definition) is 1. The Hall–Kier alpha value is -2.50. The first kappa shape index (κ1) is 18.3. The number of ether oxygens (including phenoxy) is 2. The number of carbonyl (C=O) groups excluding carboxylic acids is 1. The first-order chi connectivity index (χ1) is 12.7. The summed E-state index contributed by atoms with van der Waals surface area (Å²) >= 11 is 6.12. The lowest BCUT2D eigenvalue weighted by molar-refractivity contribution is -0.111. The van der Waals surface area contributed by atoms with Gasteiger partial charge in [0.25, 0.3) is 0 Å².